The first-order valence-corrected chi connectivity index (χ1v) is 14.5. The first-order valence-electron chi connectivity index (χ1n) is 14.5. The van der Waals surface area contributed by atoms with Gasteiger partial charge in [-0.2, -0.15) is 13.2 Å². The summed E-state index contributed by atoms with van der Waals surface area (Å²) < 4.78 is 59.6. The van der Waals surface area contributed by atoms with E-state index < -0.39 is 17.7 Å². The number of halogens is 4. The number of carbonyl (C=O) groups is 1. The molecule has 1 saturated heterocycles. The molecule has 2 aliphatic rings. The number of benzene rings is 3. The van der Waals surface area contributed by atoms with Crippen molar-refractivity contribution in [3.63, 3.8) is 0 Å². The summed E-state index contributed by atoms with van der Waals surface area (Å²) in [7, 11) is 1.35. The number of likely N-dealkylation sites (tertiary alicyclic amines) is 1. The van der Waals surface area contributed by atoms with Gasteiger partial charge in [0.1, 0.15) is 0 Å². The molecular formula is C35H35F4NO2. The van der Waals surface area contributed by atoms with Gasteiger partial charge in [-0.25, -0.2) is 4.79 Å². The minimum atomic E-state index is -4.45. The molecule has 1 aliphatic carbocycles. The molecule has 0 aromatic heterocycles. The average Bonchev–Trinajstić information content (AvgIpc) is 3.16. The van der Waals surface area contributed by atoms with E-state index in [4.69, 9.17) is 4.74 Å². The molecular weight excluding hydrogens is 542 g/mol. The highest BCUT2D eigenvalue weighted by Gasteiger charge is 2.34. The maximum atomic E-state index is 14.1. The number of alkyl halides is 4. The molecule has 0 spiro atoms. The van der Waals surface area contributed by atoms with E-state index in [0.29, 0.717) is 36.0 Å². The molecule has 1 heterocycles. The van der Waals surface area contributed by atoms with Crippen molar-refractivity contribution in [1.82, 2.24) is 4.90 Å². The fourth-order valence-electron chi connectivity index (χ4n) is 6.19. The second kappa shape index (κ2) is 12.7. The third kappa shape index (κ3) is 6.21. The minimum absolute atomic E-state index is 0.255. The molecule has 0 unspecified atom stereocenters. The molecule has 220 valence electrons. The zero-order valence-corrected chi connectivity index (χ0v) is 24.0. The Labute approximate surface area is 244 Å². The molecule has 0 saturated carbocycles. The van der Waals surface area contributed by atoms with E-state index in [2.05, 4.69) is 11.0 Å². The van der Waals surface area contributed by atoms with Crippen molar-refractivity contribution in [2.75, 3.05) is 33.4 Å². The molecule has 42 heavy (non-hydrogen) atoms. The monoisotopic (exact) mass is 577 g/mol. The molecule has 5 rings (SSSR count). The Hall–Kier alpha value is -3.71. The lowest BCUT2D eigenvalue weighted by Crippen LogP contribution is -2.40. The fourth-order valence-corrected chi connectivity index (χ4v) is 6.19. The van der Waals surface area contributed by atoms with E-state index >= 15 is 0 Å². The number of fused-ring (bicyclic) bond motifs is 1. The van der Waals surface area contributed by atoms with Crippen LogP contribution in [0.25, 0.3) is 17.2 Å². The minimum Gasteiger partial charge on any atom is -0.465 e. The maximum Gasteiger partial charge on any atom is 0.416 e. The number of carbonyl (C=O) groups excluding carboxylic acids is 1. The number of aryl methyl sites for hydroxylation is 1. The van der Waals surface area contributed by atoms with Gasteiger partial charge in [0.25, 0.3) is 0 Å². The van der Waals surface area contributed by atoms with Gasteiger partial charge in [-0.05, 0) is 100 Å². The second-order valence-electron chi connectivity index (χ2n) is 10.9. The summed E-state index contributed by atoms with van der Waals surface area (Å²) in [5, 5.41) is 0. The van der Waals surface area contributed by atoms with Crippen LogP contribution in [0, 0.1) is 0 Å². The van der Waals surface area contributed by atoms with Gasteiger partial charge in [0, 0.05) is 19.6 Å². The quantitative estimate of drug-likeness (QED) is 0.199. The Bertz CT molecular complexity index is 1510. The van der Waals surface area contributed by atoms with Crippen molar-refractivity contribution in [3.8, 4) is 0 Å². The molecule has 3 nitrogen and oxygen atoms in total. The number of rotatable bonds is 8. The van der Waals surface area contributed by atoms with Crippen LogP contribution in [-0.4, -0.2) is 44.3 Å². The van der Waals surface area contributed by atoms with E-state index in [1.165, 1.54) is 18.7 Å². The van der Waals surface area contributed by atoms with Gasteiger partial charge in [0.15, 0.2) is 0 Å². The van der Waals surface area contributed by atoms with Gasteiger partial charge in [-0.15, -0.1) is 0 Å². The SMILES string of the molecule is CCc1c(C2=C(c3ccc(C=C4CN(CCCF)C4)cc3)c3ccc(C(=O)OC)cc3CCC2)cccc1C(F)(F)F. The number of hydrogen-bond acceptors (Lipinski definition) is 3. The highest BCUT2D eigenvalue weighted by molar-refractivity contribution is 6.01. The summed E-state index contributed by atoms with van der Waals surface area (Å²) >= 11 is 0. The summed E-state index contributed by atoms with van der Waals surface area (Å²) in [5.74, 6) is -0.421. The Balaban J connectivity index is 1.62. The van der Waals surface area contributed by atoms with Crippen molar-refractivity contribution in [2.24, 2.45) is 0 Å². The molecule has 0 N–H and O–H groups in total. The Morgan fingerprint density at radius 3 is 2.43 bits per heavy atom. The number of nitrogens with zero attached hydrogens (tertiary/aromatic N) is 1. The molecule has 0 radical (unpaired) electrons. The van der Waals surface area contributed by atoms with Crippen LogP contribution in [0.4, 0.5) is 17.6 Å². The topological polar surface area (TPSA) is 29.5 Å². The zero-order chi connectivity index (χ0) is 29.9. The van der Waals surface area contributed by atoms with Crippen molar-refractivity contribution in [2.45, 2.75) is 45.2 Å². The average molecular weight is 578 g/mol. The van der Waals surface area contributed by atoms with E-state index in [0.717, 1.165) is 65.5 Å². The fraction of sp³-hybridized carbons (Fsp3) is 0.343. The smallest absolute Gasteiger partial charge is 0.416 e. The number of hydrogen-bond donors (Lipinski definition) is 0. The lowest BCUT2D eigenvalue weighted by Gasteiger charge is -2.33. The van der Waals surface area contributed by atoms with E-state index in [1.54, 1.807) is 19.1 Å². The third-order valence-corrected chi connectivity index (χ3v) is 8.16. The third-order valence-electron chi connectivity index (χ3n) is 8.16. The molecule has 0 amide bonds. The predicted octanol–water partition coefficient (Wildman–Crippen LogP) is 8.41. The summed E-state index contributed by atoms with van der Waals surface area (Å²) in [4.78, 5) is 14.5. The molecule has 1 fully saturated rings. The molecule has 7 heteroatoms. The van der Waals surface area contributed by atoms with Crippen molar-refractivity contribution in [1.29, 1.82) is 0 Å². The van der Waals surface area contributed by atoms with Gasteiger partial charge < -0.3 is 4.74 Å². The van der Waals surface area contributed by atoms with Crippen LogP contribution >= 0.6 is 0 Å². The molecule has 1 aliphatic heterocycles. The summed E-state index contributed by atoms with van der Waals surface area (Å²) in [5.41, 5.74) is 7.71. The second-order valence-corrected chi connectivity index (χ2v) is 10.9. The van der Waals surface area contributed by atoms with Crippen LogP contribution in [0.1, 0.15) is 75.5 Å². The number of esters is 1. The lowest BCUT2D eigenvalue weighted by atomic mass is 9.84. The normalized spacial score (nSPS) is 15.6. The number of ether oxygens (including phenoxy) is 1. The van der Waals surface area contributed by atoms with Gasteiger partial charge in [0.05, 0.1) is 24.9 Å². The van der Waals surface area contributed by atoms with Crippen LogP contribution < -0.4 is 0 Å². The Kier molecular flexibility index (Phi) is 8.97. The predicted molar refractivity (Wildman–Crippen MR) is 159 cm³/mol. The summed E-state index contributed by atoms with van der Waals surface area (Å²) in [6.07, 6.45) is 0.537. The van der Waals surface area contributed by atoms with E-state index in [1.807, 2.05) is 36.4 Å². The van der Waals surface area contributed by atoms with E-state index in [9.17, 15) is 22.4 Å². The Morgan fingerprint density at radius 1 is 1.00 bits per heavy atom. The van der Waals surface area contributed by atoms with Gasteiger partial charge in [-0.1, -0.05) is 55.5 Å². The largest absolute Gasteiger partial charge is 0.465 e. The standard InChI is InChI=1S/C35H35F4NO2/c1-3-28-30(8-5-10-32(28)35(37,38)39)31-9-4-7-26-20-27(34(41)42-2)15-16-29(26)33(31)25-13-11-23(12-14-25)19-24-21-40(22-24)18-6-17-36/h5,8,10-16,19-20H,3-4,6-7,9,17-18,21-22H2,1-2H3. The van der Waals surface area contributed by atoms with E-state index in [-0.39, 0.29) is 13.1 Å². The summed E-state index contributed by atoms with van der Waals surface area (Å²) in [6, 6.07) is 18.1. The Morgan fingerprint density at radius 2 is 1.76 bits per heavy atom. The summed E-state index contributed by atoms with van der Waals surface area (Å²) in [6.45, 7) is 3.89. The number of methoxy groups -OCH3 is 1. The van der Waals surface area contributed by atoms with Crippen LogP contribution in [-0.2, 0) is 23.8 Å². The molecule has 0 bridgehead atoms. The van der Waals surface area contributed by atoms with Crippen LogP contribution in [0.15, 0.2) is 66.2 Å². The van der Waals surface area contributed by atoms with Gasteiger partial charge in [-0.3, -0.25) is 9.29 Å². The highest BCUT2D eigenvalue weighted by atomic mass is 19.4. The first kappa shape index (κ1) is 29.8. The van der Waals surface area contributed by atoms with Crippen molar-refractivity contribution < 1.29 is 27.1 Å². The lowest BCUT2D eigenvalue weighted by molar-refractivity contribution is -0.138. The number of allylic oxidation sites excluding steroid dienone is 1. The van der Waals surface area contributed by atoms with Crippen molar-refractivity contribution >= 4 is 23.2 Å². The first-order chi connectivity index (χ1) is 20.2. The molecule has 3 aromatic carbocycles. The maximum absolute atomic E-state index is 14.1. The zero-order valence-electron chi connectivity index (χ0n) is 24.0. The molecule has 3 aromatic rings. The van der Waals surface area contributed by atoms with Crippen LogP contribution in [0.2, 0.25) is 0 Å². The highest BCUT2D eigenvalue weighted by Crippen LogP contribution is 2.43. The van der Waals surface area contributed by atoms with Gasteiger partial charge >= 0.3 is 12.1 Å². The van der Waals surface area contributed by atoms with Crippen molar-refractivity contribution in [3.05, 3.63) is 111 Å². The van der Waals surface area contributed by atoms with Crippen LogP contribution in [0.3, 0.4) is 0 Å². The van der Waals surface area contributed by atoms with Crippen LogP contribution in [0.5, 0.6) is 0 Å². The molecule has 0 atom stereocenters. The van der Waals surface area contributed by atoms with Gasteiger partial charge in [0.2, 0.25) is 0 Å².